The molecule has 7 nitrogen and oxygen atoms in total. The predicted molar refractivity (Wildman–Crippen MR) is 82.0 cm³/mol. The van der Waals surface area contributed by atoms with Crippen molar-refractivity contribution in [2.75, 3.05) is 6.54 Å². The lowest BCUT2D eigenvalue weighted by atomic mass is 10.2. The van der Waals surface area contributed by atoms with E-state index in [-0.39, 0.29) is 24.5 Å². The Balaban J connectivity index is 1.77. The number of nitrogens with zero attached hydrogens (tertiary/aromatic N) is 1. The van der Waals surface area contributed by atoms with Gasteiger partial charge in [0.05, 0.1) is 11.3 Å². The Labute approximate surface area is 134 Å². The highest BCUT2D eigenvalue weighted by Crippen LogP contribution is 2.10. The second kappa shape index (κ2) is 7.38. The summed E-state index contributed by atoms with van der Waals surface area (Å²) in [7, 11) is -3.62. The quantitative estimate of drug-likeness (QED) is 0.772. The minimum Gasteiger partial charge on any atom is -0.459 e. The Morgan fingerprint density at radius 3 is 2.57 bits per heavy atom. The van der Waals surface area contributed by atoms with Gasteiger partial charge in [-0.05, 0) is 26.0 Å². The smallest absolute Gasteiger partial charge is 0.307 e. The molecular formula is C15H18N2O5S. The van der Waals surface area contributed by atoms with Crippen molar-refractivity contribution in [3.63, 3.8) is 0 Å². The number of benzene rings is 1. The summed E-state index contributed by atoms with van der Waals surface area (Å²) in [5.41, 5.74) is 1.48. The molecule has 0 bridgehead atoms. The Morgan fingerprint density at radius 2 is 1.96 bits per heavy atom. The number of aryl methyl sites for hydroxylation is 2. The Morgan fingerprint density at radius 1 is 1.26 bits per heavy atom. The SMILES string of the molecule is Cc1ccc(S(=O)(=O)NCCC(=O)OCc2cc(C)on2)cc1. The van der Waals surface area contributed by atoms with Crippen LogP contribution in [0.2, 0.25) is 0 Å². The fraction of sp³-hybridized carbons (Fsp3) is 0.333. The van der Waals surface area contributed by atoms with Crippen LogP contribution in [0.5, 0.6) is 0 Å². The number of aromatic nitrogens is 1. The van der Waals surface area contributed by atoms with Crippen LogP contribution in [0.3, 0.4) is 0 Å². The van der Waals surface area contributed by atoms with E-state index < -0.39 is 16.0 Å². The molecule has 2 aromatic rings. The first kappa shape index (κ1) is 17.2. The zero-order valence-electron chi connectivity index (χ0n) is 12.9. The number of carbonyl (C=O) groups is 1. The van der Waals surface area contributed by atoms with Gasteiger partial charge in [-0.15, -0.1) is 0 Å². The van der Waals surface area contributed by atoms with Crippen molar-refractivity contribution in [1.82, 2.24) is 9.88 Å². The molecule has 1 aromatic carbocycles. The van der Waals surface area contributed by atoms with Crippen LogP contribution in [0.4, 0.5) is 0 Å². The highest BCUT2D eigenvalue weighted by molar-refractivity contribution is 7.89. The lowest BCUT2D eigenvalue weighted by Gasteiger charge is -2.07. The van der Waals surface area contributed by atoms with Crippen molar-refractivity contribution in [2.24, 2.45) is 0 Å². The number of sulfonamides is 1. The zero-order chi connectivity index (χ0) is 16.9. The third-order valence-corrected chi connectivity index (χ3v) is 4.49. The summed E-state index contributed by atoms with van der Waals surface area (Å²) in [6.07, 6.45) is -0.0675. The molecule has 0 atom stereocenters. The van der Waals surface area contributed by atoms with Gasteiger partial charge in [0.1, 0.15) is 18.1 Å². The van der Waals surface area contributed by atoms with Gasteiger partial charge in [0.15, 0.2) is 0 Å². The third-order valence-electron chi connectivity index (χ3n) is 3.01. The Kier molecular flexibility index (Phi) is 5.51. The highest BCUT2D eigenvalue weighted by Gasteiger charge is 2.14. The molecule has 8 heteroatoms. The second-order valence-electron chi connectivity index (χ2n) is 5.05. The van der Waals surface area contributed by atoms with Crippen LogP contribution in [0.25, 0.3) is 0 Å². The Hall–Kier alpha value is -2.19. The lowest BCUT2D eigenvalue weighted by Crippen LogP contribution is -2.26. The van der Waals surface area contributed by atoms with E-state index in [0.717, 1.165) is 5.56 Å². The molecule has 1 N–H and O–H groups in total. The molecule has 23 heavy (non-hydrogen) atoms. The minimum absolute atomic E-state index is 0.000878. The number of carbonyl (C=O) groups excluding carboxylic acids is 1. The van der Waals surface area contributed by atoms with Gasteiger partial charge in [0, 0.05) is 12.6 Å². The molecule has 0 saturated carbocycles. The maximum atomic E-state index is 12.0. The molecule has 0 radical (unpaired) electrons. The van der Waals surface area contributed by atoms with Gasteiger partial charge in [0.2, 0.25) is 10.0 Å². The van der Waals surface area contributed by atoms with E-state index in [1.807, 2.05) is 6.92 Å². The molecule has 0 fully saturated rings. The average molecular weight is 338 g/mol. The van der Waals surface area contributed by atoms with Crippen molar-refractivity contribution < 1.29 is 22.5 Å². The van der Waals surface area contributed by atoms with Crippen LogP contribution in [-0.4, -0.2) is 26.1 Å². The molecule has 0 unspecified atom stereocenters. The number of hydrogen-bond acceptors (Lipinski definition) is 6. The summed E-state index contributed by atoms with van der Waals surface area (Å²) in [4.78, 5) is 11.7. The highest BCUT2D eigenvalue weighted by atomic mass is 32.2. The summed E-state index contributed by atoms with van der Waals surface area (Å²) in [5, 5.41) is 3.69. The van der Waals surface area contributed by atoms with Crippen molar-refractivity contribution >= 4 is 16.0 Å². The third kappa shape index (κ3) is 5.19. The van der Waals surface area contributed by atoms with Crippen LogP contribution in [0, 0.1) is 13.8 Å². The molecule has 1 heterocycles. The Bertz CT molecular complexity index is 765. The van der Waals surface area contributed by atoms with Gasteiger partial charge in [0.25, 0.3) is 0 Å². The normalized spacial score (nSPS) is 11.4. The van der Waals surface area contributed by atoms with Gasteiger partial charge in [-0.3, -0.25) is 4.79 Å². The number of hydrogen-bond donors (Lipinski definition) is 1. The minimum atomic E-state index is -3.62. The van der Waals surface area contributed by atoms with E-state index >= 15 is 0 Å². The summed E-state index contributed by atoms with van der Waals surface area (Å²) in [6, 6.07) is 8.12. The summed E-state index contributed by atoms with van der Waals surface area (Å²) < 4.78 is 36.2. The van der Waals surface area contributed by atoms with E-state index in [2.05, 4.69) is 9.88 Å². The number of nitrogens with one attached hydrogen (secondary N) is 1. The van der Waals surface area contributed by atoms with Crippen LogP contribution in [0.1, 0.15) is 23.4 Å². The summed E-state index contributed by atoms with van der Waals surface area (Å²) >= 11 is 0. The van der Waals surface area contributed by atoms with E-state index in [9.17, 15) is 13.2 Å². The molecule has 0 aliphatic carbocycles. The van der Waals surface area contributed by atoms with E-state index in [0.29, 0.717) is 11.5 Å². The molecule has 1 aromatic heterocycles. The summed E-state index contributed by atoms with van der Waals surface area (Å²) in [5.74, 6) is 0.110. The molecule has 0 spiro atoms. The summed E-state index contributed by atoms with van der Waals surface area (Å²) in [6.45, 7) is 3.57. The number of rotatable bonds is 7. The molecular weight excluding hydrogens is 320 g/mol. The van der Waals surface area contributed by atoms with E-state index in [4.69, 9.17) is 9.26 Å². The van der Waals surface area contributed by atoms with Crippen LogP contribution in [0.15, 0.2) is 39.8 Å². The van der Waals surface area contributed by atoms with Crippen molar-refractivity contribution in [3.8, 4) is 0 Å². The maximum Gasteiger partial charge on any atom is 0.307 e. The van der Waals surface area contributed by atoms with Gasteiger partial charge < -0.3 is 9.26 Å². The van der Waals surface area contributed by atoms with Crippen molar-refractivity contribution in [1.29, 1.82) is 0 Å². The first-order chi connectivity index (χ1) is 10.9. The van der Waals surface area contributed by atoms with E-state index in [1.54, 1.807) is 25.1 Å². The number of esters is 1. The average Bonchev–Trinajstić information content (AvgIpc) is 2.91. The first-order valence-electron chi connectivity index (χ1n) is 7.01. The molecule has 0 amide bonds. The van der Waals surface area contributed by atoms with Gasteiger partial charge in [-0.1, -0.05) is 22.9 Å². The predicted octanol–water partition coefficient (Wildman–Crippen LogP) is 1.70. The largest absolute Gasteiger partial charge is 0.459 e. The van der Waals surface area contributed by atoms with Crippen molar-refractivity contribution in [3.05, 3.63) is 47.3 Å². The lowest BCUT2D eigenvalue weighted by molar-refractivity contribution is -0.144. The zero-order valence-corrected chi connectivity index (χ0v) is 13.7. The van der Waals surface area contributed by atoms with Crippen LogP contribution in [-0.2, 0) is 26.2 Å². The monoisotopic (exact) mass is 338 g/mol. The molecule has 2 rings (SSSR count). The van der Waals surface area contributed by atoms with Crippen molar-refractivity contribution in [2.45, 2.75) is 31.8 Å². The molecule has 124 valence electrons. The van der Waals surface area contributed by atoms with Gasteiger partial charge in [-0.2, -0.15) is 0 Å². The molecule has 0 aliphatic rings. The fourth-order valence-electron chi connectivity index (χ4n) is 1.80. The second-order valence-corrected chi connectivity index (χ2v) is 6.82. The number of ether oxygens (including phenoxy) is 1. The molecule has 0 aliphatic heterocycles. The van der Waals surface area contributed by atoms with E-state index in [1.165, 1.54) is 12.1 Å². The topological polar surface area (TPSA) is 98.5 Å². The fourth-order valence-corrected chi connectivity index (χ4v) is 2.83. The van der Waals surface area contributed by atoms with Gasteiger partial charge >= 0.3 is 5.97 Å². The van der Waals surface area contributed by atoms with Gasteiger partial charge in [-0.25, -0.2) is 13.1 Å². The van der Waals surface area contributed by atoms with Crippen LogP contribution < -0.4 is 4.72 Å². The standard InChI is InChI=1S/C15H18N2O5S/c1-11-3-5-14(6-4-11)23(19,20)16-8-7-15(18)21-10-13-9-12(2)22-17-13/h3-6,9,16H,7-8,10H2,1-2H3. The molecule has 0 saturated heterocycles. The maximum absolute atomic E-state index is 12.0. The van der Waals surface area contributed by atoms with Crippen LogP contribution >= 0.6 is 0 Å². The first-order valence-corrected chi connectivity index (χ1v) is 8.49.